The van der Waals surface area contributed by atoms with Crippen LogP contribution in [0.3, 0.4) is 0 Å². The molecule has 0 aliphatic rings. The zero-order valence-electron chi connectivity index (χ0n) is 17.1. The van der Waals surface area contributed by atoms with Crippen molar-refractivity contribution in [1.29, 1.82) is 0 Å². The fourth-order valence-corrected chi connectivity index (χ4v) is 4.43. The second-order valence-corrected chi connectivity index (χ2v) is 8.39. The van der Waals surface area contributed by atoms with Crippen LogP contribution in [0.15, 0.2) is 54.7 Å². The van der Waals surface area contributed by atoms with E-state index in [1.54, 1.807) is 22.4 Å². The second-order valence-electron chi connectivity index (χ2n) is 7.38. The molecule has 2 aromatic heterocycles. The molecule has 0 spiro atoms. The molecule has 0 fully saturated rings. The number of fused-ring (bicyclic) bond motifs is 1. The molecule has 5 heteroatoms. The van der Waals surface area contributed by atoms with E-state index < -0.39 is 0 Å². The lowest BCUT2D eigenvalue weighted by Crippen LogP contribution is -2.31. The summed E-state index contributed by atoms with van der Waals surface area (Å²) in [6.45, 7) is 8.55. The number of thiazole rings is 1. The van der Waals surface area contributed by atoms with Gasteiger partial charge in [0.15, 0.2) is 5.13 Å². The minimum absolute atomic E-state index is 0.0541. The lowest BCUT2D eigenvalue weighted by molar-refractivity contribution is 0.0984. The molecule has 0 saturated carbocycles. The highest BCUT2D eigenvalue weighted by Gasteiger charge is 2.24. The van der Waals surface area contributed by atoms with Crippen molar-refractivity contribution in [2.45, 2.75) is 34.2 Å². The molecule has 0 aliphatic carbocycles. The quantitative estimate of drug-likeness (QED) is 0.436. The molecule has 1 amide bonds. The average Bonchev–Trinajstić information content (AvgIpc) is 3.14. The van der Waals surface area contributed by atoms with Gasteiger partial charge in [0.05, 0.1) is 22.5 Å². The summed E-state index contributed by atoms with van der Waals surface area (Å²) in [6.07, 6.45) is 1.75. The summed E-state index contributed by atoms with van der Waals surface area (Å²) in [4.78, 5) is 24.6. The Hall–Kier alpha value is -3.05. The van der Waals surface area contributed by atoms with Crippen LogP contribution in [0.4, 0.5) is 5.13 Å². The Morgan fingerprint density at radius 2 is 1.83 bits per heavy atom. The summed E-state index contributed by atoms with van der Waals surface area (Å²) in [5.74, 6) is -0.0541. The molecule has 146 valence electrons. The number of nitrogens with zero attached hydrogens (tertiary/aromatic N) is 3. The first-order valence-corrected chi connectivity index (χ1v) is 10.4. The summed E-state index contributed by atoms with van der Waals surface area (Å²) in [6, 6.07) is 15.9. The zero-order valence-corrected chi connectivity index (χ0v) is 17.9. The number of hydrogen-bond donors (Lipinski definition) is 0. The van der Waals surface area contributed by atoms with Crippen molar-refractivity contribution >= 4 is 32.6 Å². The predicted octanol–water partition coefficient (Wildman–Crippen LogP) is 5.77. The number of pyridine rings is 1. The molecule has 4 aromatic rings. The van der Waals surface area contributed by atoms with E-state index in [2.05, 4.69) is 31.0 Å². The fraction of sp³-hybridized carbons (Fsp3) is 0.208. The van der Waals surface area contributed by atoms with Crippen molar-refractivity contribution in [2.75, 3.05) is 4.90 Å². The van der Waals surface area contributed by atoms with Gasteiger partial charge in [0.1, 0.15) is 0 Å². The molecule has 0 radical (unpaired) electrons. The van der Waals surface area contributed by atoms with Crippen LogP contribution < -0.4 is 4.90 Å². The van der Waals surface area contributed by atoms with Crippen LogP contribution >= 0.6 is 11.3 Å². The Morgan fingerprint density at radius 1 is 1.00 bits per heavy atom. The van der Waals surface area contributed by atoms with E-state index >= 15 is 0 Å². The Bertz CT molecular complexity index is 1200. The van der Waals surface area contributed by atoms with Gasteiger partial charge in [0.25, 0.3) is 5.91 Å². The van der Waals surface area contributed by atoms with Crippen molar-refractivity contribution in [3.8, 4) is 0 Å². The summed E-state index contributed by atoms with van der Waals surface area (Å²) >= 11 is 1.55. The second kappa shape index (κ2) is 7.76. The number of anilines is 1. The van der Waals surface area contributed by atoms with Crippen molar-refractivity contribution < 1.29 is 4.79 Å². The van der Waals surface area contributed by atoms with E-state index in [-0.39, 0.29) is 5.91 Å². The van der Waals surface area contributed by atoms with E-state index in [0.717, 1.165) is 32.6 Å². The van der Waals surface area contributed by atoms with Crippen LogP contribution in [0.1, 0.15) is 38.3 Å². The Labute approximate surface area is 174 Å². The van der Waals surface area contributed by atoms with Gasteiger partial charge in [-0.05, 0) is 68.7 Å². The van der Waals surface area contributed by atoms with Crippen LogP contribution in [0.2, 0.25) is 0 Å². The van der Waals surface area contributed by atoms with Crippen LogP contribution in [-0.2, 0) is 6.54 Å². The number of carbonyl (C=O) groups is 1. The van der Waals surface area contributed by atoms with Gasteiger partial charge in [-0.15, -0.1) is 0 Å². The topological polar surface area (TPSA) is 46.1 Å². The van der Waals surface area contributed by atoms with Crippen LogP contribution in [-0.4, -0.2) is 15.9 Å². The number of aryl methyl sites for hydroxylation is 4. The molecule has 4 rings (SSSR count). The Balaban J connectivity index is 1.82. The molecule has 0 N–H and O–H groups in total. The van der Waals surface area contributed by atoms with Gasteiger partial charge in [0, 0.05) is 11.8 Å². The van der Waals surface area contributed by atoms with E-state index in [4.69, 9.17) is 4.98 Å². The van der Waals surface area contributed by atoms with E-state index in [1.807, 2.05) is 50.2 Å². The van der Waals surface area contributed by atoms with Crippen molar-refractivity contribution in [1.82, 2.24) is 9.97 Å². The number of carbonyl (C=O) groups excluding carboxylic acids is 1. The molecule has 2 heterocycles. The van der Waals surface area contributed by atoms with Crippen LogP contribution in [0, 0.1) is 27.7 Å². The first kappa shape index (κ1) is 19.3. The normalized spacial score (nSPS) is 11.0. The maximum Gasteiger partial charge on any atom is 0.260 e. The maximum absolute atomic E-state index is 13.6. The van der Waals surface area contributed by atoms with Crippen molar-refractivity contribution in [2.24, 2.45) is 0 Å². The highest BCUT2D eigenvalue weighted by molar-refractivity contribution is 7.22. The molecule has 0 atom stereocenters. The third kappa shape index (κ3) is 3.78. The molecule has 0 saturated heterocycles. The average molecular weight is 402 g/mol. The zero-order chi connectivity index (χ0) is 20.5. The summed E-state index contributed by atoms with van der Waals surface area (Å²) in [5, 5.41) is 0.698. The SMILES string of the molecule is Cc1ccc(C(=O)N(Cc2ccccn2)c2nc3c(C)c(C)ccc3s2)c(C)c1. The first-order valence-electron chi connectivity index (χ1n) is 9.60. The lowest BCUT2D eigenvalue weighted by atomic mass is 10.0. The summed E-state index contributed by atoms with van der Waals surface area (Å²) in [7, 11) is 0. The number of amides is 1. The first-order chi connectivity index (χ1) is 13.9. The summed E-state index contributed by atoms with van der Waals surface area (Å²) < 4.78 is 1.09. The van der Waals surface area contributed by atoms with Gasteiger partial charge >= 0.3 is 0 Å². The van der Waals surface area contributed by atoms with Crippen molar-refractivity contribution in [3.05, 3.63) is 88.2 Å². The molecular weight excluding hydrogens is 378 g/mol. The number of rotatable bonds is 4. The molecular formula is C24H23N3OS. The van der Waals surface area contributed by atoms with Gasteiger partial charge in [-0.3, -0.25) is 14.7 Å². The molecule has 0 bridgehead atoms. The number of hydrogen-bond acceptors (Lipinski definition) is 4. The minimum Gasteiger partial charge on any atom is -0.278 e. The van der Waals surface area contributed by atoms with E-state index in [1.165, 1.54) is 5.56 Å². The number of benzene rings is 2. The molecule has 4 nitrogen and oxygen atoms in total. The lowest BCUT2D eigenvalue weighted by Gasteiger charge is -2.20. The monoisotopic (exact) mass is 401 g/mol. The smallest absolute Gasteiger partial charge is 0.260 e. The van der Waals surface area contributed by atoms with Gasteiger partial charge in [-0.2, -0.15) is 0 Å². The van der Waals surface area contributed by atoms with Crippen LogP contribution in [0.5, 0.6) is 0 Å². The Kier molecular flexibility index (Phi) is 5.16. The van der Waals surface area contributed by atoms with E-state index in [0.29, 0.717) is 17.2 Å². The third-order valence-corrected chi connectivity index (χ3v) is 6.25. The Morgan fingerprint density at radius 3 is 2.55 bits per heavy atom. The van der Waals surface area contributed by atoms with E-state index in [9.17, 15) is 4.79 Å². The van der Waals surface area contributed by atoms with Crippen molar-refractivity contribution in [3.63, 3.8) is 0 Å². The summed E-state index contributed by atoms with van der Waals surface area (Å²) in [5.41, 5.74) is 6.95. The maximum atomic E-state index is 13.6. The highest BCUT2D eigenvalue weighted by Crippen LogP contribution is 2.33. The fourth-order valence-electron chi connectivity index (χ4n) is 3.41. The molecule has 0 aliphatic heterocycles. The molecule has 29 heavy (non-hydrogen) atoms. The predicted molar refractivity (Wildman–Crippen MR) is 120 cm³/mol. The van der Waals surface area contributed by atoms with Crippen LogP contribution in [0.25, 0.3) is 10.2 Å². The molecule has 0 unspecified atom stereocenters. The largest absolute Gasteiger partial charge is 0.278 e. The number of aromatic nitrogens is 2. The third-order valence-electron chi connectivity index (χ3n) is 5.21. The molecule has 2 aromatic carbocycles. The van der Waals surface area contributed by atoms with Gasteiger partial charge < -0.3 is 0 Å². The van der Waals surface area contributed by atoms with Gasteiger partial charge in [0.2, 0.25) is 0 Å². The highest BCUT2D eigenvalue weighted by atomic mass is 32.1. The van der Waals surface area contributed by atoms with Gasteiger partial charge in [-0.1, -0.05) is 41.2 Å². The minimum atomic E-state index is -0.0541. The van der Waals surface area contributed by atoms with Gasteiger partial charge in [-0.25, -0.2) is 4.98 Å². The standard InChI is InChI=1S/C24H23N3OS/c1-15-8-10-20(17(3)13-15)23(28)27(14-19-7-5-6-12-25-19)24-26-22-18(4)16(2)9-11-21(22)29-24/h5-13H,14H2,1-4H3.